The van der Waals surface area contributed by atoms with Gasteiger partial charge in [0.25, 0.3) is 0 Å². The van der Waals surface area contributed by atoms with Crippen LogP contribution in [0.4, 0.5) is 0 Å². The second-order valence-electron chi connectivity index (χ2n) is 4.92. The molecular formula is C13H22N4. The predicted molar refractivity (Wildman–Crippen MR) is 69.7 cm³/mol. The summed E-state index contributed by atoms with van der Waals surface area (Å²) in [7, 11) is 2.17. The van der Waals surface area contributed by atoms with Crippen LogP contribution in [0.25, 0.3) is 0 Å². The van der Waals surface area contributed by atoms with Gasteiger partial charge in [-0.25, -0.2) is 0 Å². The Bertz CT molecular complexity index is 331. The molecule has 0 saturated carbocycles. The van der Waals surface area contributed by atoms with Gasteiger partial charge in [0, 0.05) is 50.7 Å². The number of likely N-dealkylation sites (N-methyl/N-ethyl adjacent to an activating group) is 1. The molecule has 0 aliphatic carbocycles. The summed E-state index contributed by atoms with van der Waals surface area (Å²) in [5, 5.41) is 0. The van der Waals surface area contributed by atoms with Crippen molar-refractivity contribution in [2.75, 3.05) is 33.2 Å². The van der Waals surface area contributed by atoms with Crippen molar-refractivity contribution in [2.24, 2.45) is 5.73 Å². The molecule has 4 nitrogen and oxygen atoms in total. The van der Waals surface area contributed by atoms with Crippen LogP contribution in [0.5, 0.6) is 0 Å². The molecule has 17 heavy (non-hydrogen) atoms. The van der Waals surface area contributed by atoms with E-state index in [9.17, 15) is 0 Å². The fourth-order valence-corrected chi connectivity index (χ4v) is 2.51. The first kappa shape index (κ1) is 12.5. The van der Waals surface area contributed by atoms with Gasteiger partial charge < -0.3 is 10.6 Å². The molecule has 94 valence electrons. The van der Waals surface area contributed by atoms with Gasteiger partial charge in [0.05, 0.1) is 0 Å². The highest BCUT2D eigenvalue weighted by Crippen LogP contribution is 2.23. The van der Waals surface area contributed by atoms with Gasteiger partial charge in [-0.15, -0.1) is 0 Å². The average molecular weight is 234 g/mol. The van der Waals surface area contributed by atoms with E-state index in [-0.39, 0.29) is 6.04 Å². The quantitative estimate of drug-likeness (QED) is 0.837. The van der Waals surface area contributed by atoms with Crippen molar-refractivity contribution < 1.29 is 0 Å². The van der Waals surface area contributed by atoms with Gasteiger partial charge in [0.1, 0.15) is 0 Å². The number of hydrogen-bond donors (Lipinski definition) is 1. The third kappa shape index (κ3) is 3.03. The van der Waals surface area contributed by atoms with Crippen molar-refractivity contribution in [3.05, 3.63) is 30.1 Å². The van der Waals surface area contributed by atoms with Gasteiger partial charge in [0.2, 0.25) is 0 Å². The predicted octanol–water partition coefficient (Wildman–Crippen LogP) is 0.717. The van der Waals surface area contributed by atoms with Crippen LogP contribution in [-0.4, -0.2) is 54.1 Å². The van der Waals surface area contributed by atoms with Crippen molar-refractivity contribution in [3.63, 3.8) is 0 Å². The van der Waals surface area contributed by atoms with Crippen LogP contribution in [0.1, 0.15) is 18.5 Å². The first-order chi connectivity index (χ1) is 8.18. The number of nitrogens with zero attached hydrogens (tertiary/aromatic N) is 3. The van der Waals surface area contributed by atoms with E-state index in [4.69, 9.17) is 5.73 Å². The fourth-order valence-electron chi connectivity index (χ4n) is 2.51. The average Bonchev–Trinajstić information content (AvgIpc) is 2.33. The van der Waals surface area contributed by atoms with Gasteiger partial charge in [0.15, 0.2) is 0 Å². The Morgan fingerprint density at radius 1 is 1.18 bits per heavy atom. The minimum atomic E-state index is 0.140. The highest BCUT2D eigenvalue weighted by Gasteiger charge is 2.26. The van der Waals surface area contributed by atoms with Crippen molar-refractivity contribution in [2.45, 2.75) is 19.0 Å². The second-order valence-corrected chi connectivity index (χ2v) is 4.92. The standard InChI is InChI=1S/C13H22N4/c1-11(14)13(12-3-5-15-6-4-12)17-9-7-16(2)8-10-17/h3-6,11,13H,7-10,14H2,1-2H3. The Hall–Kier alpha value is -0.970. The zero-order valence-corrected chi connectivity index (χ0v) is 10.7. The SMILES string of the molecule is CC(N)C(c1ccncc1)N1CCN(C)CC1. The number of aromatic nitrogens is 1. The number of pyridine rings is 1. The van der Waals surface area contributed by atoms with Crippen LogP contribution >= 0.6 is 0 Å². The second kappa shape index (κ2) is 5.58. The molecule has 1 aliphatic rings. The molecule has 0 aromatic carbocycles. The Morgan fingerprint density at radius 3 is 2.29 bits per heavy atom. The van der Waals surface area contributed by atoms with Crippen LogP contribution in [0.2, 0.25) is 0 Å². The smallest absolute Gasteiger partial charge is 0.0498 e. The van der Waals surface area contributed by atoms with E-state index in [2.05, 4.69) is 40.9 Å². The van der Waals surface area contributed by atoms with E-state index in [1.54, 1.807) is 0 Å². The van der Waals surface area contributed by atoms with E-state index >= 15 is 0 Å². The fraction of sp³-hybridized carbons (Fsp3) is 0.615. The highest BCUT2D eigenvalue weighted by atomic mass is 15.3. The summed E-state index contributed by atoms with van der Waals surface area (Å²) in [6, 6.07) is 4.60. The van der Waals surface area contributed by atoms with Crippen LogP contribution < -0.4 is 5.73 Å². The summed E-state index contributed by atoms with van der Waals surface area (Å²) >= 11 is 0. The largest absolute Gasteiger partial charge is 0.326 e. The zero-order valence-electron chi connectivity index (χ0n) is 10.7. The van der Waals surface area contributed by atoms with Crippen molar-refractivity contribution >= 4 is 0 Å². The highest BCUT2D eigenvalue weighted by molar-refractivity contribution is 5.17. The van der Waals surface area contributed by atoms with Crippen LogP contribution in [0, 0.1) is 0 Å². The summed E-state index contributed by atoms with van der Waals surface area (Å²) in [5.74, 6) is 0. The third-order valence-corrected chi connectivity index (χ3v) is 3.48. The van der Waals surface area contributed by atoms with E-state index in [0.717, 1.165) is 26.2 Å². The van der Waals surface area contributed by atoms with Gasteiger partial charge >= 0.3 is 0 Å². The topological polar surface area (TPSA) is 45.4 Å². The molecule has 0 bridgehead atoms. The molecule has 2 rings (SSSR count). The van der Waals surface area contributed by atoms with E-state index in [1.807, 2.05) is 12.4 Å². The summed E-state index contributed by atoms with van der Waals surface area (Å²) in [4.78, 5) is 8.93. The number of piperazine rings is 1. The third-order valence-electron chi connectivity index (χ3n) is 3.48. The zero-order chi connectivity index (χ0) is 12.3. The maximum absolute atomic E-state index is 6.16. The number of rotatable bonds is 3. The van der Waals surface area contributed by atoms with Gasteiger partial charge in [-0.2, -0.15) is 0 Å². The van der Waals surface area contributed by atoms with Gasteiger partial charge in [-0.1, -0.05) is 0 Å². The molecule has 1 aromatic rings. The molecular weight excluding hydrogens is 212 g/mol. The molecule has 1 saturated heterocycles. The molecule has 2 atom stereocenters. The van der Waals surface area contributed by atoms with Crippen LogP contribution in [0.3, 0.4) is 0 Å². The molecule has 0 radical (unpaired) electrons. The lowest BCUT2D eigenvalue weighted by atomic mass is 9.99. The number of nitrogens with two attached hydrogens (primary N) is 1. The molecule has 4 heteroatoms. The lowest BCUT2D eigenvalue weighted by Crippen LogP contribution is -2.49. The minimum Gasteiger partial charge on any atom is -0.326 e. The van der Waals surface area contributed by atoms with E-state index in [0.29, 0.717) is 6.04 Å². The molecule has 0 spiro atoms. The summed E-state index contributed by atoms with van der Waals surface area (Å²) < 4.78 is 0. The molecule has 1 aliphatic heterocycles. The molecule has 2 heterocycles. The Morgan fingerprint density at radius 2 is 1.76 bits per heavy atom. The first-order valence-electron chi connectivity index (χ1n) is 6.26. The van der Waals surface area contributed by atoms with Crippen LogP contribution in [-0.2, 0) is 0 Å². The normalized spacial score (nSPS) is 22.3. The van der Waals surface area contributed by atoms with Gasteiger partial charge in [-0.05, 0) is 31.7 Å². The molecule has 0 amide bonds. The lowest BCUT2D eigenvalue weighted by molar-refractivity contribution is 0.101. The Labute approximate surface area is 103 Å². The first-order valence-corrected chi connectivity index (χ1v) is 6.26. The number of hydrogen-bond acceptors (Lipinski definition) is 4. The molecule has 2 N–H and O–H groups in total. The molecule has 2 unspecified atom stereocenters. The van der Waals surface area contributed by atoms with Gasteiger partial charge in [-0.3, -0.25) is 9.88 Å². The van der Waals surface area contributed by atoms with E-state index < -0.39 is 0 Å². The lowest BCUT2D eigenvalue weighted by Gasteiger charge is -2.39. The maximum Gasteiger partial charge on any atom is 0.0498 e. The maximum atomic E-state index is 6.16. The summed E-state index contributed by atoms with van der Waals surface area (Å²) in [6.07, 6.45) is 3.70. The van der Waals surface area contributed by atoms with Crippen LogP contribution in [0.15, 0.2) is 24.5 Å². The molecule has 1 aromatic heterocycles. The minimum absolute atomic E-state index is 0.140. The molecule has 1 fully saturated rings. The summed E-state index contributed by atoms with van der Waals surface area (Å²) in [6.45, 7) is 6.50. The van der Waals surface area contributed by atoms with Crippen molar-refractivity contribution in [1.29, 1.82) is 0 Å². The van der Waals surface area contributed by atoms with E-state index in [1.165, 1.54) is 5.56 Å². The summed E-state index contributed by atoms with van der Waals surface area (Å²) in [5.41, 5.74) is 7.44. The van der Waals surface area contributed by atoms with Crippen molar-refractivity contribution in [3.8, 4) is 0 Å². The Kier molecular flexibility index (Phi) is 4.10. The monoisotopic (exact) mass is 234 g/mol. The Balaban J connectivity index is 2.13. The van der Waals surface area contributed by atoms with Crippen molar-refractivity contribution in [1.82, 2.24) is 14.8 Å².